The lowest BCUT2D eigenvalue weighted by Crippen LogP contribution is -2.28. The van der Waals surface area contributed by atoms with Gasteiger partial charge in [-0.1, -0.05) is 246 Å². The molecule has 10 aromatic rings. The van der Waals surface area contributed by atoms with Crippen molar-refractivity contribution >= 4 is 0 Å². The van der Waals surface area contributed by atoms with Gasteiger partial charge in [0.15, 0.2) is 0 Å². The molecule has 0 atom stereocenters. The highest BCUT2D eigenvalue weighted by molar-refractivity contribution is 6.00. The predicted molar refractivity (Wildman–Crippen MR) is 285 cm³/mol. The summed E-state index contributed by atoms with van der Waals surface area (Å²) in [6, 6.07) is 85.3. The Morgan fingerprint density at radius 1 is 0.250 bits per heavy atom. The van der Waals surface area contributed by atoms with Crippen LogP contribution in [0, 0.1) is 6.92 Å². The Bertz CT molecular complexity index is 3540. The van der Waals surface area contributed by atoms with E-state index in [4.69, 9.17) is 0 Å². The van der Waals surface area contributed by atoms with Gasteiger partial charge in [-0.3, -0.25) is 0 Å². The highest BCUT2D eigenvalue weighted by Crippen LogP contribution is 2.61. The molecule has 0 saturated carbocycles. The number of benzene rings is 10. The van der Waals surface area contributed by atoms with Crippen molar-refractivity contribution in [1.82, 2.24) is 0 Å². The van der Waals surface area contributed by atoms with Gasteiger partial charge in [0.05, 0.1) is 5.41 Å². The van der Waals surface area contributed by atoms with Crippen molar-refractivity contribution in [2.45, 2.75) is 50.9 Å². The Morgan fingerprint density at radius 2 is 0.662 bits per heavy atom. The lowest BCUT2D eigenvalue weighted by molar-refractivity contribution is 0.660. The molecule has 0 radical (unpaired) electrons. The summed E-state index contributed by atoms with van der Waals surface area (Å²) in [5.41, 5.74) is 29.0. The van der Waals surface area contributed by atoms with Crippen LogP contribution in [-0.4, -0.2) is 0 Å². The third-order valence-electron chi connectivity index (χ3n) is 16.0. The molecule has 0 saturated heterocycles. The summed E-state index contributed by atoms with van der Waals surface area (Å²) in [5, 5.41) is 0. The number of aryl methyl sites for hydroxylation is 1. The van der Waals surface area contributed by atoms with Gasteiger partial charge in [0.2, 0.25) is 0 Å². The normalized spacial score (nSPS) is 14.9. The molecular weight excluding hydrogens is 817 g/mol. The molecular formula is C68H52. The van der Waals surface area contributed by atoms with Crippen LogP contribution in [0.1, 0.15) is 77.8 Å². The molecule has 0 heteroatoms. The van der Waals surface area contributed by atoms with Gasteiger partial charge in [0, 0.05) is 10.8 Å². The van der Waals surface area contributed by atoms with Gasteiger partial charge in [0.1, 0.15) is 0 Å². The summed E-state index contributed by atoms with van der Waals surface area (Å²) in [4.78, 5) is 0. The predicted octanol–water partition coefficient (Wildman–Crippen LogP) is 17.6. The van der Waals surface area contributed by atoms with E-state index in [-0.39, 0.29) is 10.8 Å². The molecule has 0 aliphatic heterocycles. The lowest BCUT2D eigenvalue weighted by Gasteiger charge is -2.35. The van der Waals surface area contributed by atoms with E-state index in [1.807, 2.05) is 0 Å². The van der Waals surface area contributed by atoms with Crippen LogP contribution in [0.4, 0.5) is 0 Å². The molecule has 0 unspecified atom stereocenters. The second-order valence-corrected chi connectivity index (χ2v) is 20.4. The first-order valence-electron chi connectivity index (χ1n) is 24.3. The Hall–Kier alpha value is -7.80. The Morgan fingerprint density at radius 3 is 1.24 bits per heavy atom. The van der Waals surface area contributed by atoms with Crippen LogP contribution in [0.15, 0.2) is 224 Å². The van der Waals surface area contributed by atoms with E-state index in [1.165, 1.54) is 128 Å². The first kappa shape index (κ1) is 40.5. The zero-order valence-electron chi connectivity index (χ0n) is 39.4. The molecule has 0 spiro atoms. The van der Waals surface area contributed by atoms with E-state index >= 15 is 0 Å². The summed E-state index contributed by atoms with van der Waals surface area (Å²) < 4.78 is 0. The highest BCUT2D eigenvalue weighted by Gasteiger charge is 2.48. The first-order valence-corrected chi connectivity index (χ1v) is 24.3. The van der Waals surface area contributed by atoms with E-state index < -0.39 is 5.41 Å². The van der Waals surface area contributed by atoms with E-state index in [2.05, 4.69) is 259 Å². The maximum Gasteiger partial charge on any atom is 0.0714 e. The van der Waals surface area contributed by atoms with Crippen molar-refractivity contribution in [2.24, 2.45) is 0 Å². The van der Waals surface area contributed by atoms with Gasteiger partial charge >= 0.3 is 0 Å². The van der Waals surface area contributed by atoms with Gasteiger partial charge < -0.3 is 0 Å². The van der Waals surface area contributed by atoms with Crippen molar-refractivity contribution in [3.8, 4) is 77.9 Å². The number of hydrogen-bond acceptors (Lipinski definition) is 0. The molecule has 0 amide bonds. The van der Waals surface area contributed by atoms with Crippen molar-refractivity contribution < 1.29 is 0 Å². The third-order valence-corrected chi connectivity index (χ3v) is 16.0. The van der Waals surface area contributed by atoms with Crippen LogP contribution in [-0.2, 0) is 16.2 Å². The Kier molecular flexibility index (Phi) is 8.84. The maximum atomic E-state index is 2.53. The van der Waals surface area contributed by atoms with Gasteiger partial charge in [0.25, 0.3) is 0 Å². The second kappa shape index (κ2) is 14.9. The van der Waals surface area contributed by atoms with Gasteiger partial charge in [-0.2, -0.15) is 0 Å². The molecule has 0 N–H and O–H groups in total. The summed E-state index contributed by atoms with van der Waals surface area (Å²) in [6.07, 6.45) is 0. The van der Waals surface area contributed by atoms with E-state index in [0.29, 0.717) is 0 Å². The summed E-state index contributed by atoms with van der Waals surface area (Å²) in [6.45, 7) is 11.8. The summed E-state index contributed by atoms with van der Waals surface area (Å²) in [5.74, 6) is 0. The van der Waals surface area contributed by atoms with Crippen LogP contribution in [0.3, 0.4) is 0 Å². The second-order valence-electron chi connectivity index (χ2n) is 20.4. The molecule has 13 rings (SSSR count). The summed E-state index contributed by atoms with van der Waals surface area (Å²) >= 11 is 0. The number of hydrogen-bond donors (Lipinski definition) is 0. The van der Waals surface area contributed by atoms with Gasteiger partial charge in [-0.05, 0) is 141 Å². The molecule has 0 aromatic heterocycles. The maximum absolute atomic E-state index is 2.53. The molecule has 0 nitrogen and oxygen atoms in total. The average molecular weight is 869 g/mol. The zero-order chi connectivity index (χ0) is 45.9. The monoisotopic (exact) mass is 868 g/mol. The van der Waals surface area contributed by atoms with Crippen LogP contribution in [0.25, 0.3) is 77.9 Å². The molecule has 3 aliphatic rings. The van der Waals surface area contributed by atoms with Crippen LogP contribution >= 0.6 is 0 Å². The minimum absolute atomic E-state index is 0.0951. The fraction of sp³-hybridized carbons (Fsp3) is 0.118. The summed E-state index contributed by atoms with van der Waals surface area (Å²) in [7, 11) is 0. The van der Waals surface area contributed by atoms with E-state index in [1.54, 1.807) is 0 Å². The van der Waals surface area contributed by atoms with Crippen molar-refractivity contribution in [2.75, 3.05) is 0 Å². The molecule has 0 heterocycles. The van der Waals surface area contributed by atoms with Crippen molar-refractivity contribution in [3.63, 3.8) is 0 Å². The minimum Gasteiger partial charge on any atom is -0.0622 e. The highest BCUT2D eigenvalue weighted by atomic mass is 14.5. The third kappa shape index (κ3) is 5.61. The zero-order valence-corrected chi connectivity index (χ0v) is 39.4. The van der Waals surface area contributed by atoms with Crippen molar-refractivity contribution in [3.05, 3.63) is 275 Å². The largest absolute Gasteiger partial charge is 0.0714 e. The molecule has 10 aromatic carbocycles. The van der Waals surface area contributed by atoms with E-state index in [9.17, 15) is 0 Å². The van der Waals surface area contributed by atoms with Gasteiger partial charge in [-0.15, -0.1) is 0 Å². The quantitative estimate of drug-likeness (QED) is 0.156. The topological polar surface area (TPSA) is 0 Å². The Balaban J connectivity index is 1.11. The molecule has 0 fully saturated rings. The standard InChI is InChI=1S/C68H52/c1-43-38-39-59-56(40-43)65-53(52-27-10-9-26-49(52)44-20-7-6-8-21-44)32-19-37-62(65)68(59,47-24-15-22-45(41-47)50-30-17-35-60-63(50)54-28-11-13-33-57(54)66(60,2)3)48-25-16-23-46(42-48)51-31-18-36-61-64(51)55-29-12-14-34-58(55)67(61,4)5/h6-42H,1-5H3. The van der Waals surface area contributed by atoms with Gasteiger partial charge in [-0.25, -0.2) is 0 Å². The fourth-order valence-electron chi connectivity index (χ4n) is 12.9. The van der Waals surface area contributed by atoms with E-state index in [0.717, 1.165) is 0 Å². The SMILES string of the molecule is Cc1ccc2c(c1)-c1c(-c3ccccc3-c3ccccc3)cccc1C2(c1cccc(-c2cccc3c2-c2ccccc2C3(C)C)c1)c1cccc(-c2cccc3c2-c2ccccc2C3(C)C)c1. The molecule has 0 bridgehead atoms. The first-order chi connectivity index (χ1) is 33.2. The average Bonchev–Trinajstić information content (AvgIpc) is 3.91. The molecule has 324 valence electrons. The fourth-order valence-corrected chi connectivity index (χ4v) is 12.9. The smallest absolute Gasteiger partial charge is 0.0622 e. The van der Waals surface area contributed by atoms with Crippen LogP contribution in [0.2, 0.25) is 0 Å². The van der Waals surface area contributed by atoms with Crippen molar-refractivity contribution in [1.29, 1.82) is 0 Å². The number of rotatable bonds is 6. The number of fused-ring (bicyclic) bond motifs is 9. The Labute approximate surface area is 401 Å². The van der Waals surface area contributed by atoms with Crippen LogP contribution in [0.5, 0.6) is 0 Å². The minimum atomic E-state index is -0.660. The lowest BCUT2D eigenvalue weighted by atomic mass is 9.66. The van der Waals surface area contributed by atoms with Crippen LogP contribution < -0.4 is 0 Å². The molecule has 68 heavy (non-hydrogen) atoms. The molecule has 3 aliphatic carbocycles.